The van der Waals surface area contributed by atoms with Crippen LogP contribution in [0.2, 0.25) is 0 Å². The molecule has 2 aromatic carbocycles. The normalized spacial score (nSPS) is 16.0. The third-order valence-electron chi connectivity index (χ3n) is 4.39. The number of benzene rings is 2. The van der Waals surface area contributed by atoms with Crippen molar-refractivity contribution < 1.29 is 9.90 Å². The first-order valence-electron chi connectivity index (χ1n) is 7.52. The number of rotatable bonds is 3. The molecule has 1 amide bonds. The highest BCUT2D eigenvalue weighted by molar-refractivity contribution is 5.95. The summed E-state index contributed by atoms with van der Waals surface area (Å²) >= 11 is 0. The lowest BCUT2D eigenvalue weighted by atomic mass is 9.95. The van der Waals surface area contributed by atoms with Gasteiger partial charge in [-0.25, -0.2) is 0 Å². The first-order valence-corrected chi connectivity index (χ1v) is 7.52. The molecule has 0 radical (unpaired) electrons. The maximum Gasteiger partial charge on any atom is 0.275 e. The van der Waals surface area contributed by atoms with E-state index in [1.807, 2.05) is 54.6 Å². The van der Waals surface area contributed by atoms with Gasteiger partial charge in [-0.1, -0.05) is 48.5 Å². The molecule has 0 aliphatic heterocycles. The molecule has 0 atom stereocenters. The number of aromatic hydroxyl groups is 1. The molecule has 0 spiro atoms. The molecule has 3 aromatic rings. The van der Waals surface area contributed by atoms with E-state index in [2.05, 4.69) is 15.2 Å². The molecule has 1 aromatic heterocycles. The van der Waals surface area contributed by atoms with Gasteiger partial charge >= 0.3 is 0 Å². The van der Waals surface area contributed by atoms with Crippen molar-refractivity contribution in [2.24, 2.45) is 10.2 Å². The fourth-order valence-corrected chi connectivity index (χ4v) is 2.91. The molecular formula is C18H15N3O2. The fourth-order valence-electron chi connectivity index (χ4n) is 2.91. The third-order valence-corrected chi connectivity index (χ3v) is 4.39. The van der Waals surface area contributed by atoms with Crippen LogP contribution in [0.1, 0.15) is 18.4 Å². The topological polar surface area (TPSA) is 77.8 Å². The van der Waals surface area contributed by atoms with Gasteiger partial charge in [0.25, 0.3) is 5.91 Å². The lowest BCUT2D eigenvalue weighted by Crippen LogP contribution is -2.17. The molecule has 5 heteroatoms. The van der Waals surface area contributed by atoms with E-state index in [-0.39, 0.29) is 11.8 Å². The Labute approximate surface area is 132 Å². The van der Waals surface area contributed by atoms with E-state index in [9.17, 15) is 9.90 Å². The van der Waals surface area contributed by atoms with Crippen LogP contribution in [-0.4, -0.2) is 16.0 Å². The summed E-state index contributed by atoms with van der Waals surface area (Å²) in [4.78, 5) is 15.3. The monoisotopic (exact) mass is 305 g/mol. The lowest BCUT2D eigenvalue weighted by Gasteiger charge is -2.09. The summed E-state index contributed by atoms with van der Waals surface area (Å²) in [6.07, 6.45) is 1.57. The largest absolute Gasteiger partial charge is 0.493 e. The van der Waals surface area contributed by atoms with Gasteiger partial charge in [-0.15, -0.1) is 10.2 Å². The summed E-state index contributed by atoms with van der Waals surface area (Å²) in [6, 6.07) is 17.0. The Hall–Kier alpha value is -2.95. The molecule has 1 saturated carbocycles. The van der Waals surface area contributed by atoms with Gasteiger partial charge < -0.3 is 10.1 Å². The van der Waals surface area contributed by atoms with E-state index in [1.165, 1.54) is 0 Å². The Bertz CT molecular complexity index is 908. The molecule has 23 heavy (non-hydrogen) atoms. The van der Waals surface area contributed by atoms with Crippen LogP contribution in [0.5, 0.6) is 5.88 Å². The van der Waals surface area contributed by atoms with Gasteiger partial charge in [0.2, 0.25) is 5.88 Å². The molecule has 1 fully saturated rings. The van der Waals surface area contributed by atoms with E-state index >= 15 is 0 Å². The molecule has 0 unspecified atom stereocenters. The van der Waals surface area contributed by atoms with Crippen molar-refractivity contribution in [3.05, 3.63) is 60.2 Å². The number of amides is 1. The average Bonchev–Trinajstić information content (AvgIpc) is 3.33. The van der Waals surface area contributed by atoms with Crippen LogP contribution in [-0.2, 0) is 10.2 Å². The van der Waals surface area contributed by atoms with E-state index in [4.69, 9.17) is 0 Å². The highest BCUT2D eigenvalue weighted by atomic mass is 16.3. The van der Waals surface area contributed by atoms with Crippen LogP contribution >= 0.6 is 0 Å². The van der Waals surface area contributed by atoms with Crippen molar-refractivity contribution in [2.45, 2.75) is 18.3 Å². The SMILES string of the molecule is O=C(N=Nc1c(O)[nH]c2ccccc12)C1(c2ccccc2)CC1. The quantitative estimate of drug-likeness (QED) is 0.711. The number of carbonyl (C=O) groups is 1. The van der Waals surface area contributed by atoms with Crippen molar-refractivity contribution >= 4 is 22.5 Å². The van der Waals surface area contributed by atoms with Gasteiger partial charge in [-0.05, 0) is 24.5 Å². The Morgan fingerprint density at radius 3 is 2.48 bits per heavy atom. The van der Waals surface area contributed by atoms with Gasteiger partial charge in [0.15, 0.2) is 5.69 Å². The Balaban J connectivity index is 1.66. The summed E-state index contributed by atoms with van der Waals surface area (Å²) in [6.45, 7) is 0. The molecule has 0 saturated heterocycles. The number of fused-ring (bicyclic) bond motifs is 1. The minimum atomic E-state index is -0.535. The summed E-state index contributed by atoms with van der Waals surface area (Å²) in [5.74, 6) is -0.333. The van der Waals surface area contributed by atoms with E-state index in [0.717, 1.165) is 29.3 Å². The highest BCUT2D eigenvalue weighted by Gasteiger charge is 2.51. The zero-order chi connectivity index (χ0) is 15.9. The maximum absolute atomic E-state index is 12.5. The predicted octanol–water partition coefficient (Wildman–Crippen LogP) is 4.22. The standard InChI is InChI=1S/C18H15N3O2/c22-16-15(13-8-4-5-9-14(13)19-16)20-21-17(23)18(10-11-18)12-6-2-1-3-7-12/h1-9,19,22H,10-11H2. The van der Waals surface area contributed by atoms with Crippen LogP contribution in [0.3, 0.4) is 0 Å². The average molecular weight is 305 g/mol. The van der Waals surface area contributed by atoms with Crippen LogP contribution < -0.4 is 0 Å². The molecule has 5 nitrogen and oxygen atoms in total. The van der Waals surface area contributed by atoms with E-state index < -0.39 is 5.41 Å². The number of H-pyrrole nitrogens is 1. The Kier molecular flexibility index (Phi) is 3.01. The minimum Gasteiger partial charge on any atom is -0.493 e. The molecule has 1 aliphatic rings. The number of nitrogens with one attached hydrogen (secondary N) is 1. The van der Waals surface area contributed by atoms with Gasteiger partial charge in [0.1, 0.15) is 0 Å². The second-order valence-corrected chi connectivity index (χ2v) is 5.82. The number of aromatic nitrogens is 1. The van der Waals surface area contributed by atoms with E-state index in [0.29, 0.717) is 5.69 Å². The van der Waals surface area contributed by atoms with Crippen molar-refractivity contribution in [1.29, 1.82) is 0 Å². The second-order valence-electron chi connectivity index (χ2n) is 5.82. The van der Waals surface area contributed by atoms with Gasteiger partial charge in [0.05, 0.1) is 10.9 Å². The van der Waals surface area contributed by atoms with Crippen LogP contribution in [0.4, 0.5) is 5.69 Å². The predicted molar refractivity (Wildman–Crippen MR) is 86.8 cm³/mol. The fraction of sp³-hybridized carbons (Fsp3) is 0.167. The highest BCUT2D eigenvalue weighted by Crippen LogP contribution is 2.49. The summed E-state index contributed by atoms with van der Waals surface area (Å²) in [5, 5.41) is 18.6. The number of nitrogens with zero attached hydrogens (tertiary/aromatic N) is 2. The van der Waals surface area contributed by atoms with Crippen LogP contribution in [0.15, 0.2) is 64.8 Å². The van der Waals surface area contributed by atoms with Crippen molar-refractivity contribution in [1.82, 2.24) is 4.98 Å². The molecular weight excluding hydrogens is 290 g/mol. The molecule has 0 bridgehead atoms. The van der Waals surface area contributed by atoms with Crippen LogP contribution in [0, 0.1) is 0 Å². The number of hydrogen-bond donors (Lipinski definition) is 2. The zero-order valence-electron chi connectivity index (χ0n) is 12.4. The minimum absolute atomic E-state index is 0.0766. The maximum atomic E-state index is 12.5. The summed E-state index contributed by atoms with van der Waals surface area (Å²) in [7, 11) is 0. The number of para-hydroxylation sites is 1. The third kappa shape index (κ3) is 2.21. The van der Waals surface area contributed by atoms with E-state index in [1.54, 1.807) is 0 Å². The Morgan fingerprint density at radius 2 is 1.74 bits per heavy atom. The zero-order valence-corrected chi connectivity index (χ0v) is 12.4. The van der Waals surface area contributed by atoms with Gasteiger partial charge in [0, 0.05) is 5.39 Å². The molecule has 4 rings (SSSR count). The molecule has 1 heterocycles. The van der Waals surface area contributed by atoms with Crippen molar-refractivity contribution in [2.75, 3.05) is 0 Å². The number of azo groups is 1. The smallest absolute Gasteiger partial charge is 0.275 e. The van der Waals surface area contributed by atoms with Gasteiger partial charge in [-0.2, -0.15) is 0 Å². The summed E-state index contributed by atoms with van der Waals surface area (Å²) in [5.41, 5.74) is 1.51. The molecule has 1 aliphatic carbocycles. The van der Waals surface area contributed by atoms with Crippen molar-refractivity contribution in [3.63, 3.8) is 0 Å². The first-order chi connectivity index (χ1) is 11.2. The Morgan fingerprint density at radius 1 is 1.04 bits per heavy atom. The van der Waals surface area contributed by atoms with Crippen LogP contribution in [0.25, 0.3) is 10.9 Å². The number of aromatic amines is 1. The number of carbonyl (C=O) groups excluding carboxylic acids is 1. The molecule has 114 valence electrons. The number of hydrogen-bond acceptors (Lipinski definition) is 3. The van der Waals surface area contributed by atoms with Gasteiger partial charge in [-0.3, -0.25) is 4.79 Å². The second kappa shape index (κ2) is 5.05. The first kappa shape index (κ1) is 13.7. The molecule has 2 N–H and O–H groups in total. The summed E-state index contributed by atoms with van der Waals surface area (Å²) < 4.78 is 0. The lowest BCUT2D eigenvalue weighted by molar-refractivity contribution is -0.120. The van der Waals surface area contributed by atoms with Crippen molar-refractivity contribution in [3.8, 4) is 5.88 Å².